The Morgan fingerprint density at radius 1 is 1.12 bits per heavy atom. The summed E-state index contributed by atoms with van der Waals surface area (Å²) in [5.41, 5.74) is 2.82. The third kappa shape index (κ3) is 2.61. The summed E-state index contributed by atoms with van der Waals surface area (Å²) in [6, 6.07) is 11.2. The van der Waals surface area contributed by atoms with Gasteiger partial charge in [-0.2, -0.15) is 9.50 Å². The number of benzene rings is 1. The Hall–Kier alpha value is -2.86. The molecule has 6 nitrogen and oxygen atoms in total. The number of nitrogens with one attached hydrogen (secondary N) is 1. The fraction of sp³-hybridized carbons (Fsp3) is 0.118. The third-order valence-corrected chi connectivity index (χ3v) is 3.88. The van der Waals surface area contributed by atoms with Crippen LogP contribution >= 0.6 is 11.6 Å². The van der Waals surface area contributed by atoms with Crippen LogP contribution in [0.2, 0.25) is 5.02 Å². The summed E-state index contributed by atoms with van der Waals surface area (Å²) in [5, 5.41) is 8.53. The molecule has 7 heteroatoms. The summed E-state index contributed by atoms with van der Waals surface area (Å²) in [7, 11) is 0. The molecule has 0 spiro atoms. The van der Waals surface area contributed by atoms with Gasteiger partial charge in [0.25, 0.3) is 5.78 Å². The van der Waals surface area contributed by atoms with Gasteiger partial charge < -0.3 is 9.73 Å². The molecule has 4 aromatic rings. The molecule has 0 saturated heterocycles. The summed E-state index contributed by atoms with van der Waals surface area (Å²) in [6.45, 7) is 3.93. The van der Waals surface area contributed by atoms with E-state index in [-0.39, 0.29) is 0 Å². The second kappa shape index (κ2) is 5.65. The number of rotatable bonds is 3. The molecular weight excluding hydrogens is 326 g/mol. The van der Waals surface area contributed by atoms with Crippen LogP contribution in [0.1, 0.15) is 11.3 Å². The van der Waals surface area contributed by atoms with Gasteiger partial charge in [-0.3, -0.25) is 0 Å². The molecule has 0 radical (unpaired) electrons. The van der Waals surface area contributed by atoms with Crippen LogP contribution in [-0.4, -0.2) is 19.6 Å². The van der Waals surface area contributed by atoms with E-state index in [9.17, 15) is 0 Å². The zero-order valence-electron chi connectivity index (χ0n) is 13.1. The molecule has 120 valence electrons. The molecule has 24 heavy (non-hydrogen) atoms. The summed E-state index contributed by atoms with van der Waals surface area (Å²) in [5.74, 6) is 2.35. The van der Waals surface area contributed by atoms with Crippen molar-refractivity contribution in [2.75, 3.05) is 5.32 Å². The Morgan fingerprint density at radius 2 is 2.00 bits per heavy atom. The molecule has 0 aliphatic carbocycles. The number of furan rings is 1. The molecule has 4 rings (SSSR count). The smallest absolute Gasteiger partial charge is 0.255 e. The van der Waals surface area contributed by atoms with E-state index in [0.717, 1.165) is 22.8 Å². The summed E-state index contributed by atoms with van der Waals surface area (Å²) >= 11 is 6.10. The Kier molecular flexibility index (Phi) is 3.46. The largest absolute Gasteiger partial charge is 0.461 e. The Labute approximate surface area is 143 Å². The van der Waals surface area contributed by atoms with Gasteiger partial charge in [0.2, 0.25) is 5.82 Å². The van der Waals surface area contributed by atoms with Crippen molar-refractivity contribution in [2.45, 2.75) is 13.8 Å². The number of halogens is 1. The molecule has 0 aliphatic heterocycles. The van der Waals surface area contributed by atoms with Gasteiger partial charge in [0.15, 0.2) is 5.76 Å². The molecule has 0 bridgehead atoms. The van der Waals surface area contributed by atoms with Crippen LogP contribution in [0.5, 0.6) is 0 Å². The average Bonchev–Trinajstić information content (AvgIpc) is 3.19. The quantitative estimate of drug-likeness (QED) is 0.599. The highest BCUT2D eigenvalue weighted by atomic mass is 35.5. The predicted octanol–water partition coefficient (Wildman–Crippen LogP) is 4.40. The first-order valence-electron chi connectivity index (χ1n) is 7.41. The number of hydrogen-bond donors (Lipinski definition) is 1. The number of aromatic nitrogens is 4. The van der Waals surface area contributed by atoms with E-state index in [2.05, 4.69) is 20.4 Å². The molecule has 3 aromatic heterocycles. The van der Waals surface area contributed by atoms with E-state index >= 15 is 0 Å². The SMILES string of the molecule is Cc1cc(Nc2cc(Cl)ccc2C)n2nc(-c3ccco3)nc2n1. The number of nitrogens with zero attached hydrogens (tertiary/aromatic N) is 4. The fourth-order valence-electron chi connectivity index (χ4n) is 2.45. The van der Waals surface area contributed by atoms with Gasteiger partial charge in [-0.25, -0.2) is 4.98 Å². The van der Waals surface area contributed by atoms with E-state index in [4.69, 9.17) is 16.0 Å². The van der Waals surface area contributed by atoms with Crippen LogP contribution in [0.15, 0.2) is 47.1 Å². The lowest BCUT2D eigenvalue weighted by Crippen LogP contribution is -2.03. The average molecular weight is 340 g/mol. The maximum Gasteiger partial charge on any atom is 0.255 e. The summed E-state index contributed by atoms with van der Waals surface area (Å²) < 4.78 is 7.03. The molecule has 0 atom stereocenters. The predicted molar refractivity (Wildman–Crippen MR) is 92.7 cm³/mol. The highest BCUT2D eigenvalue weighted by molar-refractivity contribution is 6.30. The second-order valence-electron chi connectivity index (χ2n) is 5.49. The van der Waals surface area contributed by atoms with Gasteiger partial charge in [0, 0.05) is 22.5 Å². The van der Waals surface area contributed by atoms with Gasteiger partial charge >= 0.3 is 0 Å². The zero-order valence-corrected chi connectivity index (χ0v) is 13.9. The zero-order chi connectivity index (χ0) is 16.7. The van der Waals surface area contributed by atoms with Gasteiger partial charge in [0.05, 0.1) is 6.26 Å². The fourth-order valence-corrected chi connectivity index (χ4v) is 2.63. The Balaban J connectivity index is 1.84. The van der Waals surface area contributed by atoms with Gasteiger partial charge in [-0.15, -0.1) is 5.10 Å². The molecular formula is C17H14ClN5O. The third-order valence-electron chi connectivity index (χ3n) is 3.64. The molecule has 1 N–H and O–H groups in total. The molecule has 0 unspecified atom stereocenters. The van der Waals surface area contributed by atoms with Gasteiger partial charge in [0.1, 0.15) is 5.82 Å². The van der Waals surface area contributed by atoms with Crippen LogP contribution in [0, 0.1) is 13.8 Å². The molecule has 0 fully saturated rings. The lowest BCUT2D eigenvalue weighted by molar-refractivity contribution is 0.577. The van der Waals surface area contributed by atoms with Crippen LogP contribution < -0.4 is 5.32 Å². The number of fused-ring (bicyclic) bond motifs is 1. The maximum absolute atomic E-state index is 6.10. The molecule has 0 amide bonds. The monoisotopic (exact) mass is 339 g/mol. The van der Waals surface area contributed by atoms with Crippen molar-refractivity contribution in [2.24, 2.45) is 0 Å². The highest BCUT2D eigenvalue weighted by Gasteiger charge is 2.14. The Morgan fingerprint density at radius 3 is 2.79 bits per heavy atom. The van der Waals surface area contributed by atoms with E-state index in [1.165, 1.54) is 0 Å². The van der Waals surface area contributed by atoms with Crippen LogP contribution in [-0.2, 0) is 0 Å². The lowest BCUT2D eigenvalue weighted by Gasteiger charge is -2.11. The first kappa shape index (κ1) is 14.7. The van der Waals surface area contributed by atoms with Gasteiger partial charge in [-0.1, -0.05) is 17.7 Å². The Bertz CT molecular complexity index is 1020. The highest BCUT2D eigenvalue weighted by Crippen LogP contribution is 2.25. The lowest BCUT2D eigenvalue weighted by atomic mass is 10.2. The molecule has 1 aromatic carbocycles. The standard InChI is InChI=1S/C17H14ClN5O/c1-10-5-6-12(18)9-13(10)20-15-8-11(2)19-17-21-16(22-23(15)17)14-4-3-7-24-14/h3-9,20H,1-2H3. The van der Waals surface area contributed by atoms with Crippen molar-refractivity contribution in [3.8, 4) is 11.6 Å². The van der Waals surface area contributed by atoms with Crippen molar-refractivity contribution in [1.82, 2.24) is 19.6 Å². The minimum atomic E-state index is 0.490. The second-order valence-corrected chi connectivity index (χ2v) is 5.93. The van der Waals surface area contributed by atoms with E-state index in [1.54, 1.807) is 16.8 Å². The minimum Gasteiger partial charge on any atom is -0.461 e. The molecule has 0 saturated carbocycles. The van der Waals surface area contributed by atoms with Crippen LogP contribution in [0.25, 0.3) is 17.4 Å². The van der Waals surface area contributed by atoms with E-state index in [1.807, 2.05) is 44.2 Å². The number of aryl methyl sites for hydroxylation is 2. The number of anilines is 2. The van der Waals surface area contributed by atoms with Crippen molar-refractivity contribution in [3.05, 3.63) is 58.9 Å². The summed E-state index contributed by atoms with van der Waals surface area (Å²) in [4.78, 5) is 8.87. The van der Waals surface area contributed by atoms with Gasteiger partial charge in [-0.05, 0) is 43.7 Å². The maximum atomic E-state index is 6.10. The minimum absolute atomic E-state index is 0.490. The first-order chi connectivity index (χ1) is 11.6. The molecule has 0 aliphatic rings. The topological polar surface area (TPSA) is 68.2 Å². The van der Waals surface area contributed by atoms with Crippen LogP contribution in [0.4, 0.5) is 11.5 Å². The van der Waals surface area contributed by atoms with Crippen LogP contribution in [0.3, 0.4) is 0 Å². The normalized spacial score (nSPS) is 11.1. The van der Waals surface area contributed by atoms with E-state index < -0.39 is 0 Å². The van der Waals surface area contributed by atoms with Crippen molar-refractivity contribution < 1.29 is 4.42 Å². The van der Waals surface area contributed by atoms with Crippen molar-refractivity contribution in [1.29, 1.82) is 0 Å². The van der Waals surface area contributed by atoms with Crippen molar-refractivity contribution >= 4 is 28.9 Å². The summed E-state index contributed by atoms with van der Waals surface area (Å²) in [6.07, 6.45) is 1.59. The van der Waals surface area contributed by atoms with E-state index in [0.29, 0.717) is 22.4 Å². The van der Waals surface area contributed by atoms with Crippen molar-refractivity contribution in [3.63, 3.8) is 0 Å². The molecule has 3 heterocycles. The first-order valence-corrected chi connectivity index (χ1v) is 7.79. The number of hydrogen-bond acceptors (Lipinski definition) is 5.